The highest BCUT2D eigenvalue weighted by atomic mass is 32.2. The number of pyridine rings is 1. The molecule has 1 atom stereocenters. The Labute approximate surface area is 172 Å². The van der Waals surface area contributed by atoms with Crippen molar-refractivity contribution in [3.8, 4) is 5.75 Å². The number of carbonyl (C=O) groups is 1. The van der Waals surface area contributed by atoms with E-state index in [4.69, 9.17) is 4.74 Å². The number of benzene rings is 1. The lowest BCUT2D eigenvalue weighted by atomic mass is 9.96. The van der Waals surface area contributed by atoms with E-state index in [1.165, 1.54) is 11.8 Å². The minimum atomic E-state index is -0.438. The molecule has 1 aromatic carbocycles. The maximum absolute atomic E-state index is 13.3. The summed E-state index contributed by atoms with van der Waals surface area (Å²) in [5.41, 5.74) is 2.80. The summed E-state index contributed by atoms with van der Waals surface area (Å²) in [5, 5.41) is 11.4. The minimum absolute atomic E-state index is 0.221. The van der Waals surface area contributed by atoms with E-state index < -0.39 is 6.04 Å². The van der Waals surface area contributed by atoms with E-state index in [0.717, 1.165) is 17.0 Å². The van der Waals surface area contributed by atoms with Gasteiger partial charge in [-0.15, -0.1) is 5.10 Å². The maximum Gasteiger partial charge on any atom is 0.255 e. The fraction of sp³-hybridized carbons (Fsp3) is 0.200. The van der Waals surface area contributed by atoms with E-state index in [-0.39, 0.29) is 5.91 Å². The molecule has 0 radical (unpaired) electrons. The van der Waals surface area contributed by atoms with E-state index in [9.17, 15) is 4.79 Å². The number of thioether (sulfide) groups is 1. The molecular weight excluding hydrogens is 388 g/mol. The van der Waals surface area contributed by atoms with Gasteiger partial charge in [0, 0.05) is 23.8 Å². The summed E-state index contributed by atoms with van der Waals surface area (Å²) in [6.07, 6.45) is 5.36. The zero-order chi connectivity index (χ0) is 20.4. The molecular formula is C20H20N6O2S. The van der Waals surface area contributed by atoms with Crippen LogP contribution in [-0.4, -0.2) is 39.0 Å². The summed E-state index contributed by atoms with van der Waals surface area (Å²) in [6.45, 7) is 1.86. The van der Waals surface area contributed by atoms with Gasteiger partial charge in [0.1, 0.15) is 11.8 Å². The van der Waals surface area contributed by atoms with Gasteiger partial charge in [0.05, 0.1) is 12.7 Å². The number of anilines is 2. The number of nitrogens with one attached hydrogen (secondary N) is 2. The third-order valence-corrected chi connectivity index (χ3v) is 5.15. The quantitative estimate of drug-likeness (QED) is 0.626. The largest absolute Gasteiger partial charge is 0.497 e. The second kappa shape index (κ2) is 7.96. The molecule has 3 aromatic rings. The fourth-order valence-electron chi connectivity index (χ4n) is 3.23. The molecule has 148 valence electrons. The number of hydrogen-bond acceptors (Lipinski definition) is 7. The van der Waals surface area contributed by atoms with E-state index in [1.807, 2.05) is 25.3 Å². The zero-order valence-corrected chi connectivity index (χ0v) is 17.0. The van der Waals surface area contributed by atoms with Crippen LogP contribution >= 0.6 is 11.8 Å². The third-order valence-electron chi connectivity index (χ3n) is 4.61. The minimum Gasteiger partial charge on any atom is -0.497 e. The van der Waals surface area contributed by atoms with Crippen LogP contribution in [0.2, 0.25) is 0 Å². The van der Waals surface area contributed by atoms with Crippen LogP contribution in [-0.2, 0) is 4.79 Å². The molecule has 0 spiro atoms. The van der Waals surface area contributed by atoms with Gasteiger partial charge in [-0.3, -0.25) is 9.78 Å². The molecule has 0 unspecified atom stereocenters. The molecule has 0 saturated carbocycles. The van der Waals surface area contributed by atoms with Gasteiger partial charge >= 0.3 is 0 Å². The molecule has 2 N–H and O–H groups in total. The number of carbonyl (C=O) groups excluding carboxylic acids is 1. The highest BCUT2D eigenvalue weighted by Gasteiger charge is 2.34. The number of fused-ring (bicyclic) bond motifs is 1. The number of methoxy groups -OCH3 is 1. The van der Waals surface area contributed by atoms with Crippen LogP contribution in [0.3, 0.4) is 0 Å². The average Bonchev–Trinajstić information content (AvgIpc) is 3.16. The number of amides is 1. The van der Waals surface area contributed by atoms with Crippen molar-refractivity contribution in [3.63, 3.8) is 0 Å². The summed E-state index contributed by atoms with van der Waals surface area (Å²) in [7, 11) is 1.60. The van der Waals surface area contributed by atoms with E-state index >= 15 is 0 Å². The predicted molar refractivity (Wildman–Crippen MR) is 112 cm³/mol. The second-order valence-electron chi connectivity index (χ2n) is 6.40. The molecule has 1 aliphatic heterocycles. The molecule has 0 bridgehead atoms. The molecule has 1 amide bonds. The normalized spacial score (nSPS) is 15.5. The van der Waals surface area contributed by atoms with Crippen molar-refractivity contribution in [2.45, 2.75) is 18.1 Å². The SMILES string of the molecule is COc1ccc(NC(=O)C2=C(C)Nc3nc(SC)nn3[C@@H]2c2cccnc2)cc1. The first kappa shape index (κ1) is 19.0. The molecule has 1 aliphatic rings. The van der Waals surface area contributed by atoms with E-state index in [0.29, 0.717) is 22.4 Å². The highest BCUT2D eigenvalue weighted by Crippen LogP contribution is 2.36. The Bertz CT molecular complexity index is 1060. The molecule has 29 heavy (non-hydrogen) atoms. The number of hydrogen-bond donors (Lipinski definition) is 2. The molecule has 0 saturated heterocycles. The Morgan fingerprint density at radius 2 is 2.07 bits per heavy atom. The molecule has 4 rings (SSSR count). The first-order valence-corrected chi connectivity index (χ1v) is 10.2. The Morgan fingerprint density at radius 1 is 1.28 bits per heavy atom. The van der Waals surface area contributed by atoms with Crippen LogP contribution in [0, 0.1) is 0 Å². The molecule has 9 heteroatoms. The molecule has 3 heterocycles. The van der Waals surface area contributed by atoms with Gasteiger partial charge in [0.2, 0.25) is 11.1 Å². The summed E-state index contributed by atoms with van der Waals surface area (Å²) < 4.78 is 6.91. The van der Waals surface area contributed by atoms with Gasteiger partial charge in [-0.25, -0.2) is 4.68 Å². The van der Waals surface area contributed by atoms with Crippen molar-refractivity contribution < 1.29 is 9.53 Å². The van der Waals surface area contributed by atoms with Crippen LogP contribution in [0.1, 0.15) is 18.5 Å². The van der Waals surface area contributed by atoms with E-state index in [2.05, 4.69) is 25.7 Å². The maximum atomic E-state index is 13.3. The summed E-state index contributed by atoms with van der Waals surface area (Å²) in [5.74, 6) is 1.10. The monoisotopic (exact) mass is 408 g/mol. The summed E-state index contributed by atoms with van der Waals surface area (Å²) in [6, 6.07) is 10.5. The van der Waals surface area contributed by atoms with Crippen molar-refractivity contribution in [2.75, 3.05) is 24.0 Å². The van der Waals surface area contributed by atoms with E-state index in [1.54, 1.807) is 48.5 Å². The number of rotatable bonds is 5. The van der Waals surface area contributed by atoms with Crippen molar-refractivity contribution in [3.05, 3.63) is 65.6 Å². The van der Waals surface area contributed by atoms with Gasteiger partial charge in [-0.2, -0.15) is 4.98 Å². The summed E-state index contributed by atoms with van der Waals surface area (Å²) in [4.78, 5) is 22.0. The van der Waals surface area contributed by atoms with Crippen LogP contribution in [0.25, 0.3) is 0 Å². The Balaban J connectivity index is 1.73. The summed E-state index contributed by atoms with van der Waals surface area (Å²) >= 11 is 1.45. The first-order valence-electron chi connectivity index (χ1n) is 8.94. The molecule has 0 fully saturated rings. The van der Waals surface area contributed by atoms with Gasteiger partial charge in [-0.05, 0) is 49.1 Å². The number of ether oxygens (including phenoxy) is 1. The first-order chi connectivity index (χ1) is 14.1. The third kappa shape index (κ3) is 3.68. The molecule has 2 aromatic heterocycles. The molecule has 8 nitrogen and oxygen atoms in total. The van der Waals surface area contributed by atoms with Crippen LogP contribution in [0.15, 0.2) is 65.2 Å². The predicted octanol–water partition coefficient (Wildman–Crippen LogP) is 3.33. The smallest absolute Gasteiger partial charge is 0.255 e. The van der Waals surface area contributed by atoms with Crippen molar-refractivity contribution in [1.29, 1.82) is 0 Å². The van der Waals surface area contributed by atoms with Crippen molar-refractivity contribution in [1.82, 2.24) is 19.7 Å². The van der Waals surface area contributed by atoms with Crippen LogP contribution < -0.4 is 15.4 Å². The van der Waals surface area contributed by atoms with Crippen LogP contribution in [0.5, 0.6) is 5.75 Å². The van der Waals surface area contributed by atoms with Gasteiger partial charge in [-0.1, -0.05) is 17.8 Å². The Morgan fingerprint density at radius 3 is 2.72 bits per heavy atom. The van der Waals surface area contributed by atoms with Crippen molar-refractivity contribution in [2.24, 2.45) is 0 Å². The Kier molecular flexibility index (Phi) is 5.22. The van der Waals surface area contributed by atoms with Crippen molar-refractivity contribution >= 4 is 29.3 Å². The highest BCUT2D eigenvalue weighted by molar-refractivity contribution is 7.98. The standard InChI is InChI=1S/C20H20N6O2S/c1-12-16(18(27)23-14-6-8-15(28-2)9-7-14)17(13-5-4-10-21-11-13)26-19(22-12)24-20(25-26)29-3/h4-11,17H,1-3H3,(H,23,27)(H,22,24,25)/t17-/m1/s1. The lowest BCUT2D eigenvalue weighted by Gasteiger charge is -2.28. The lowest BCUT2D eigenvalue weighted by molar-refractivity contribution is -0.113. The lowest BCUT2D eigenvalue weighted by Crippen LogP contribution is -2.31. The average molecular weight is 408 g/mol. The van der Waals surface area contributed by atoms with Gasteiger partial charge < -0.3 is 15.4 Å². The number of allylic oxidation sites excluding steroid dienone is 1. The Hall–Kier alpha value is -3.33. The second-order valence-corrected chi connectivity index (χ2v) is 7.18. The fourth-order valence-corrected chi connectivity index (χ4v) is 3.58. The van der Waals surface area contributed by atoms with Gasteiger partial charge in [0.25, 0.3) is 5.91 Å². The number of nitrogens with zero attached hydrogens (tertiary/aromatic N) is 4. The topological polar surface area (TPSA) is 94.0 Å². The molecule has 0 aliphatic carbocycles. The zero-order valence-electron chi connectivity index (χ0n) is 16.2. The van der Waals surface area contributed by atoms with Crippen LogP contribution in [0.4, 0.5) is 11.6 Å². The number of aromatic nitrogens is 4. The van der Waals surface area contributed by atoms with Gasteiger partial charge in [0.15, 0.2) is 0 Å².